The van der Waals surface area contributed by atoms with E-state index in [1.54, 1.807) is 24.3 Å². The largest absolute Gasteiger partial charge is 0.510 e. The summed E-state index contributed by atoms with van der Waals surface area (Å²) < 4.78 is 10.1. The van der Waals surface area contributed by atoms with Crippen molar-refractivity contribution in [1.29, 1.82) is 0 Å². The van der Waals surface area contributed by atoms with Gasteiger partial charge in [-0.1, -0.05) is 12.1 Å². The second-order valence-corrected chi connectivity index (χ2v) is 5.40. The molecule has 0 fully saturated rings. The zero-order chi connectivity index (χ0) is 20.7. The van der Waals surface area contributed by atoms with Gasteiger partial charge in [0.1, 0.15) is 17.3 Å². The van der Waals surface area contributed by atoms with Gasteiger partial charge in [-0.15, -0.1) is 10.2 Å². The number of nitrogens with one attached hydrogen (secondary N) is 1. The standard InChI is InChI=1S/C18H18N4O6/c1-11(23)17(18(24)19-14-6-4-5-7-16(14)28-3)21-20-13-9-8-12(27-2)10-15(13)22(25)26/h4-10,23H,1-3H3,(H,19,24)/b17-11+,21-20?. The Labute approximate surface area is 160 Å². The van der Waals surface area contributed by atoms with Gasteiger partial charge in [-0.05, 0) is 31.2 Å². The maximum atomic E-state index is 12.5. The van der Waals surface area contributed by atoms with Crippen molar-refractivity contribution in [2.24, 2.45) is 10.2 Å². The first-order valence-corrected chi connectivity index (χ1v) is 7.95. The molecule has 0 aromatic heterocycles. The van der Waals surface area contributed by atoms with Gasteiger partial charge in [-0.25, -0.2) is 0 Å². The molecule has 0 heterocycles. The van der Waals surface area contributed by atoms with Crippen LogP contribution in [0.5, 0.6) is 11.5 Å². The molecule has 0 saturated carbocycles. The van der Waals surface area contributed by atoms with Crippen molar-refractivity contribution in [3.05, 3.63) is 64.0 Å². The summed E-state index contributed by atoms with van der Waals surface area (Å²) >= 11 is 0. The minimum atomic E-state index is -0.760. The van der Waals surface area contributed by atoms with Crippen molar-refractivity contribution in [3.8, 4) is 11.5 Å². The van der Waals surface area contributed by atoms with Gasteiger partial charge in [-0.2, -0.15) is 0 Å². The van der Waals surface area contributed by atoms with E-state index in [2.05, 4.69) is 15.5 Å². The quantitative estimate of drug-likeness (QED) is 0.241. The molecular formula is C18H18N4O6. The van der Waals surface area contributed by atoms with Crippen LogP contribution < -0.4 is 14.8 Å². The number of anilines is 1. The van der Waals surface area contributed by atoms with Gasteiger partial charge in [0, 0.05) is 0 Å². The van der Waals surface area contributed by atoms with Gasteiger partial charge in [0.2, 0.25) is 0 Å². The normalized spacial score (nSPS) is 11.7. The molecule has 2 aromatic carbocycles. The van der Waals surface area contributed by atoms with Crippen molar-refractivity contribution >= 4 is 23.0 Å². The second kappa shape index (κ2) is 9.12. The number of hydrogen-bond donors (Lipinski definition) is 2. The Balaban J connectivity index is 2.32. The number of carbonyl (C=O) groups excluding carboxylic acids is 1. The lowest BCUT2D eigenvalue weighted by Gasteiger charge is -2.10. The monoisotopic (exact) mass is 386 g/mol. The SMILES string of the molecule is COc1ccc(N=N/C(C(=O)Nc2ccccc2OC)=C(\C)O)c([N+](=O)[O-])c1. The van der Waals surface area contributed by atoms with Crippen LogP contribution in [-0.4, -0.2) is 30.2 Å². The number of nitro benzene ring substituents is 1. The lowest BCUT2D eigenvalue weighted by molar-refractivity contribution is -0.384. The van der Waals surface area contributed by atoms with Crippen molar-refractivity contribution in [3.63, 3.8) is 0 Å². The van der Waals surface area contributed by atoms with Crippen LogP contribution >= 0.6 is 0 Å². The smallest absolute Gasteiger partial charge is 0.300 e. The molecule has 10 heteroatoms. The summed E-state index contributed by atoms with van der Waals surface area (Å²) in [6.45, 7) is 1.25. The number of nitro groups is 1. The first kappa shape index (κ1) is 20.4. The molecule has 0 spiro atoms. The number of para-hydroxylation sites is 2. The van der Waals surface area contributed by atoms with Crippen LogP contribution in [0.4, 0.5) is 17.1 Å². The van der Waals surface area contributed by atoms with Gasteiger partial charge in [-0.3, -0.25) is 14.9 Å². The van der Waals surface area contributed by atoms with E-state index in [0.717, 1.165) is 0 Å². The molecule has 2 N–H and O–H groups in total. The van der Waals surface area contributed by atoms with Gasteiger partial charge in [0.25, 0.3) is 11.6 Å². The predicted molar refractivity (Wildman–Crippen MR) is 101 cm³/mol. The van der Waals surface area contributed by atoms with Gasteiger partial charge in [0.05, 0.1) is 30.9 Å². The maximum absolute atomic E-state index is 12.5. The number of nitrogens with zero attached hydrogens (tertiary/aromatic N) is 3. The van der Waals surface area contributed by atoms with E-state index in [-0.39, 0.29) is 17.1 Å². The number of azo groups is 1. The molecule has 0 aliphatic heterocycles. The predicted octanol–water partition coefficient (Wildman–Crippen LogP) is 4.12. The van der Waals surface area contributed by atoms with Crippen molar-refractivity contribution in [2.45, 2.75) is 6.92 Å². The van der Waals surface area contributed by atoms with Crippen LogP contribution in [-0.2, 0) is 4.79 Å². The molecule has 0 unspecified atom stereocenters. The highest BCUT2D eigenvalue weighted by Crippen LogP contribution is 2.32. The van der Waals surface area contributed by atoms with Gasteiger partial charge >= 0.3 is 0 Å². The molecule has 0 aliphatic rings. The van der Waals surface area contributed by atoms with E-state index in [9.17, 15) is 20.0 Å². The first-order valence-electron chi connectivity index (χ1n) is 7.95. The number of hydrogen-bond acceptors (Lipinski definition) is 8. The van der Waals surface area contributed by atoms with Crippen LogP contribution in [0.2, 0.25) is 0 Å². The summed E-state index contributed by atoms with van der Waals surface area (Å²) in [5.41, 5.74) is -0.506. The molecule has 10 nitrogen and oxygen atoms in total. The first-order chi connectivity index (χ1) is 13.4. The Morgan fingerprint density at radius 3 is 2.50 bits per heavy atom. The number of aliphatic hydroxyl groups is 1. The maximum Gasteiger partial charge on any atom is 0.300 e. The third-order valence-corrected chi connectivity index (χ3v) is 3.55. The molecule has 0 radical (unpaired) electrons. The molecule has 1 amide bonds. The summed E-state index contributed by atoms with van der Waals surface area (Å²) in [6.07, 6.45) is 0. The minimum Gasteiger partial charge on any atom is -0.510 e. The average molecular weight is 386 g/mol. The summed E-state index contributed by atoms with van der Waals surface area (Å²) in [5, 5.41) is 31.0. The Morgan fingerprint density at radius 1 is 1.18 bits per heavy atom. The highest BCUT2D eigenvalue weighted by molar-refractivity contribution is 6.04. The van der Waals surface area contributed by atoms with Gasteiger partial charge < -0.3 is 19.9 Å². The highest BCUT2D eigenvalue weighted by atomic mass is 16.6. The molecule has 0 atom stereocenters. The van der Waals surface area contributed by atoms with Gasteiger partial charge in [0.15, 0.2) is 11.4 Å². The Hall–Kier alpha value is -3.95. The third-order valence-electron chi connectivity index (χ3n) is 3.55. The van der Waals surface area contributed by atoms with Crippen LogP contribution in [0, 0.1) is 10.1 Å². The lowest BCUT2D eigenvalue weighted by Crippen LogP contribution is -2.15. The van der Waals surface area contributed by atoms with E-state index in [1.165, 1.54) is 39.3 Å². The van der Waals surface area contributed by atoms with Crippen LogP contribution in [0.1, 0.15) is 6.92 Å². The van der Waals surface area contributed by atoms with Crippen LogP contribution in [0.15, 0.2) is 64.1 Å². The van der Waals surface area contributed by atoms with E-state index in [0.29, 0.717) is 11.4 Å². The minimum absolute atomic E-state index is 0.102. The number of aliphatic hydroxyl groups excluding tert-OH is 1. The molecule has 28 heavy (non-hydrogen) atoms. The molecule has 0 bridgehead atoms. The Bertz CT molecular complexity index is 951. The fourth-order valence-electron chi connectivity index (χ4n) is 2.18. The van der Waals surface area contributed by atoms with Crippen LogP contribution in [0.3, 0.4) is 0 Å². The highest BCUT2D eigenvalue weighted by Gasteiger charge is 2.18. The second-order valence-electron chi connectivity index (χ2n) is 5.40. The van der Waals surface area contributed by atoms with Crippen LogP contribution in [0.25, 0.3) is 0 Å². The van der Waals surface area contributed by atoms with Crippen molar-refractivity contribution in [2.75, 3.05) is 19.5 Å². The summed E-state index contributed by atoms with van der Waals surface area (Å²) in [7, 11) is 2.82. The lowest BCUT2D eigenvalue weighted by atomic mass is 10.2. The van der Waals surface area contributed by atoms with Crippen molar-refractivity contribution in [1.82, 2.24) is 0 Å². The van der Waals surface area contributed by atoms with E-state index >= 15 is 0 Å². The molecule has 2 aromatic rings. The number of allylic oxidation sites excluding steroid dienone is 1. The molecule has 0 saturated heterocycles. The summed E-state index contributed by atoms with van der Waals surface area (Å²) in [4.78, 5) is 23.0. The zero-order valence-corrected chi connectivity index (χ0v) is 15.4. The number of carbonyl (C=O) groups is 1. The number of rotatable bonds is 7. The van der Waals surface area contributed by atoms with E-state index in [4.69, 9.17) is 9.47 Å². The Morgan fingerprint density at radius 2 is 1.89 bits per heavy atom. The fourth-order valence-corrected chi connectivity index (χ4v) is 2.18. The molecular weight excluding hydrogens is 368 g/mol. The number of ether oxygens (including phenoxy) is 2. The number of amides is 1. The summed E-state index contributed by atoms with van der Waals surface area (Å²) in [6, 6.07) is 10.6. The molecule has 0 aliphatic carbocycles. The van der Waals surface area contributed by atoms with E-state index < -0.39 is 22.3 Å². The number of benzene rings is 2. The van der Waals surface area contributed by atoms with Crippen molar-refractivity contribution < 1.29 is 24.3 Å². The molecule has 2 rings (SSSR count). The average Bonchev–Trinajstić information content (AvgIpc) is 2.68. The molecule has 146 valence electrons. The number of methoxy groups -OCH3 is 2. The zero-order valence-electron chi connectivity index (χ0n) is 15.4. The third kappa shape index (κ3) is 4.81. The fraction of sp³-hybridized carbons (Fsp3) is 0.167. The Kier molecular flexibility index (Phi) is 6.63. The van der Waals surface area contributed by atoms with E-state index in [1.807, 2.05) is 0 Å². The topological polar surface area (TPSA) is 136 Å². The summed E-state index contributed by atoms with van der Waals surface area (Å²) in [5.74, 6) is -0.487.